The van der Waals surface area contributed by atoms with Crippen LogP contribution in [0.15, 0.2) is 54.8 Å². The monoisotopic (exact) mass is 356 g/mol. The van der Waals surface area contributed by atoms with E-state index in [1.165, 1.54) is 6.20 Å². The van der Waals surface area contributed by atoms with Gasteiger partial charge < -0.3 is 5.11 Å². The number of benzene rings is 1. The molecule has 0 aliphatic carbocycles. The molecule has 0 aliphatic heterocycles. The van der Waals surface area contributed by atoms with Gasteiger partial charge in [0.2, 0.25) is 0 Å². The van der Waals surface area contributed by atoms with Crippen LogP contribution in [0.5, 0.6) is 0 Å². The van der Waals surface area contributed by atoms with Gasteiger partial charge in [-0.25, -0.2) is 9.78 Å². The van der Waals surface area contributed by atoms with Crippen LogP contribution in [0.3, 0.4) is 0 Å². The summed E-state index contributed by atoms with van der Waals surface area (Å²) in [6.45, 7) is 5.70. The number of thiazole rings is 1. The van der Waals surface area contributed by atoms with E-state index in [1.807, 2.05) is 25.1 Å². The van der Waals surface area contributed by atoms with E-state index in [0.717, 1.165) is 16.9 Å². The summed E-state index contributed by atoms with van der Waals surface area (Å²) < 4.78 is 0. The minimum absolute atomic E-state index is 0.121. The van der Waals surface area contributed by atoms with Gasteiger partial charge in [0.15, 0.2) is 0 Å². The summed E-state index contributed by atoms with van der Waals surface area (Å²) >= 11 is 7.23. The van der Waals surface area contributed by atoms with Crippen LogP contribution in [0.25, 0.3) is 11.1 Å². The maximum atomic E-state index is 10.9. The molecule has 1 N–H and O–H groups in total. The predicted octanol–water partition coefficient (Wildman–Crippen LogP) is 5.06. The van der Waals surface area contributed by atoms with Crippen molar-refractivity contribution in [3.63, 3.8) is 0 Å². The molecular formula is C18H13ClN2O2S. The number of hydrogen-bond donors (Lipinski definition) is 1. The summed E-state index contributed by atoms with van der Waals surface area (Å²) in [6, 6.07) is 9.39. The molecule has 0 unspecified atom stereocenters. The average molecular weight is 357 g/mol. The first kappa shape index (κ1) is 17.7. The summed E-state index contributed by atoms with van der Waals surface area (Å²) in [5, 5.41) is 19.5. The molecule has 1 aromatic heterocycles. The molecule has 0 saturated heterocycles. The van der Waals surface area contributed by atoms with Crippen molar-refractivity contribution in [1.29, 1.82) is 5.26 Å². The van der Waals surface area contributed by atoms with E-state index < -0.39 is 5.97 Å². The largest absolute Gasteiger partial charge is 0.477 e. The van der Waals surface area contributed by atoms with Crippen molar-refractivity contribution in [2.45, 2.75) is 6.92 Å². The van der Waals surface area contributed by atoms with Crippen LogP contribution in [0.4, 0.5) is 0 Å². The molecule has 4 nitrogen and oxygen atoms in total. The van der Waals surface area contributed by atoms with Gasteiger partial charge in [0, 0.05) is 16.2 Å². The number of carbonyl (C=O) groups is 1. The second-order valence-electron chi connectivity index (χ2n) is 4.71. The minimum atomic E-state index is -1.04. The van der Waals surface area contributed by atoms with Crippen molar-refractivity contribution >= 4 is 40.1 Å². The summed E-state index contributed by atoms with van der Waals surface area (Å²) in [6.07, 6.45) is 4.66. The van der Waals surface area contributed by atoms with Gasteiger partial charge in [-0.1, -0.05) is 42.5 Å². The van der Waals surface area contributed by atoms with E-state index in [1.54, 1.807) is 18.2 Å². The highest BCUT2D eigenvalue weighted by molar-refractivity contribution is 7.14. The topological polar surface area (TPSA) is 74.0 Å². The Morgan fingerprint density at radius 3 is 2.71 bits per heavy atom. The predicted molar refractivity (Wildman–Crippen MR) is 96.9 cm³/mol. The Hall–Kier alpha value is -2.68. The van der Waals surface area contributed by atoms with Gasteiger partial charge in [-0.2, -0.15) is 5.26 Å². The highest BCUT2D eigenvalue weighted by Gasteiger charge is 2.13. The lowest BCUT2D eigenvalue weighted by Crippen LogP contribution is -1.91. The molecule has 6 heteroatoms. The van der Waals surface area contributed by atoms with Gasteiger partial charge in [0.25, 0.3) is 0 Å². The Balaban J connectivity index is 2.40. The van der Waals surface area contributed by atoms with E-state index in [0.29, 0.717) is 26.7 Å². The number of allylic oxidation sites excluding steroid dienone is 5. The SMILES string of the molecule is C=C(/C=C(C#N)\C(=C/C)c1ccccc1Cl)c1ncc(C(=O)O)s1. The lowest BCUT2D eigenvalue weighted by molar-refractivity contribution is 0.0702. The third-order valence-electron chi connectivity index (χ3n) is 3.17. The third-order valence-corrected chi connectivity index (χ3v) is 4.56. The molecule has 24 heavy (non-hydrogen) atoms. The van der Waals surface area contributed by atoms with Crippen LogP contribution in [-0.4, -0.2) is 16.1 Å². The first-order valence-electron chi connectivity index (χ1n) is 6.89. The van der Waals surface area contributed by atoms with Crippen molar-refractivity contribution in [2.24, 2.45) is 0 Å². The van der Waals surface area contributed by atoms with E-state index in [9.17, 15) is 10.1 Å². The van der Waals surface area contributed by atoms with Crippen LogP contribution < -0.4 is 0 Å². The zero-order valence-electron chi connectivity index (χ0n) is 12.8. The van der Waals surface area contributed by atoms with Crippen LogP contribution in [0.1, 0.15) is 27.2 Å². The molecule has 2 aromatic rings. The number of hydrogen-bond acceptors (Lipinski definition) is 4. The number of aromatic carboxylic acids is 1. The molecule has 0 atom stereocenters. The van der Waals surface area contributed by atoms with Crippen molar-refractivity contribution in [1.82, 2.24) is 4.98 Å². The fourth-order valence-electron chi connectivity index (χ4n) is 2.06. The van der Waals surface area contributed by atoms with Gasteiger partial charge in [0.05, 0.1) is 17.8 Å². The van der Waals surface area contributed by atoms with Crippen molar-refractivity contribution in [3.8, 4) is 6.07 Å². The zero-order chi connectivity index (χ0) is 17.7. The second kappa shape index (κ2) is 7.73. The number of nitrogens with zero attached hydrogens (tertiary/aromatic N) is 2. The lowest BCUT2D eigenvalue weighted by Gasteiger charge is -2.08. The molecule has 1 aromatic carbocycles. The van der Waals surface area contributed by atoms with Crippen LogP contribution in [-0.2, 0) is 0 Å². The summed E-state index contributed by atoms with van der Waals surface area (Å²) in [5.41, 5.74) is 2.27. The maximum absolute atomic E-state index is 10.9. The first-order valence-corrected chi connectivity index (χ1v) is 8.09. The normalized spacial score (nSPS) is 11.9. The zero-order valence-corrected chi connectivity index (χ0v) is 14.4. The Morgan fingerprint density at radius 2 is 2.17 bits per heavy atom. The number of carboxylic acids is 1. The van der Waals surface area contributed by atoms with Crippen molar-refractivity contribution in [2.75, 3.05) is 0 Å². The highest BCUT2D eigenvalue weighted by Crippen LogP contribution is 2.31. The van der Waals surface area contributed by atoms with E-state index in [2.05, 4.69) is 17.6 Å². The molecule has 0 amide bonds. The number of aromatic nitrogens is 1. The summed E-state index contributed by atoms with van der Waals surface area (Å²) in [7, 11) is 0. The molecule has 120 valence electrons. The Labute approximate surface area is 148 Å². The van der Waals surface area contributed by atoms with E-state index in [-0.39, 0.29) is 4.88 Å². The van der Waals surface area contributed by atoms with Crippen molar-refractivity contribution in [3.05, 3.63) is 75.2 Å². The molecule has 2 rings (SSSR count). The molecule has 0 saturated carbocycles. The van der Waals surface area contributed by atoms with Gasteiger partial charge >= 0.3 is 5.97 Å². The number of carboxylic acid groups (broad SMARTS) is 1. The van der Waals surface area contributed by atoms with Crippen molar-refractivity contribution < 1.29 is 9.90 Å². The van der Waals surface area contributed by atoms with E-state index >= 15 is 0 Å². The Morgan fingerprint density at radius 1 is 1.46 bits per heavy atom. The summed E-state index contributed by atoms with van der Waals surface area (Å²) in [5.74, 6) is -1.04. The molecule has 0 spiro atoms. The molecular weight excluding hydrogens is 344 g/mol. The quantitative estimate of drug-likeness (QED) is 0.600. The standard InChI is InChI=1S/C18H13ClN2O2S/c1-3-13(14-6-4-5-7-15(14)19)12(9-20)8-11(2)17-21-10-16(24-17)18(22)23/h3-8,10H,2H2,1H3,(H,22,23)/b12-8-,13-3+. The van der Waals surface area contributed by atoms with Gasteiger partial charge in [-0.15, -0.1) is 11.3 Å². The van der Waals surface area contributed by atoms with Gasteiger partial charge in [0.1, 0.15) is 9.88 Å². The fourth-order valence-corrected chi connectivity index (χ4v) is 3.00. The maximum Gasteiger partial charge on any atom is 0.347 e. The fraction of sp³-hybridized carbons (Fsp3) is 0.0556. The molecule has 0 fully saturated rings. The molecule has 0 bridgehead atoms. The van der Waals surface area contributed by atoms with Gasteiger partial charge in [-0.3, -0.25) is 0 Å². The van der Waals surface area contributed by atoms with Gasteiger partial charge in [-0.05, 0) is 24.6 Å². The molecule has 1 heterocycles. The highest BCUT2D eigenvalue weighted by atomic mass is 35.5. The number of halogens is 1. The minimum Gasteiger partial charge on any atom is -0.477 e. The average Bonchev–Trinajstić information content (AvgIpc) is 3.06. The van der Waals surface area contributed by atoms with E-state index in [4.69, 9.17) is 16.7 Å². The lowest BCUT2D eigenvalue weighted by atomic mass is 9.97. The first-order chi connectivity index (χ1) is 11.5. The van der Waals surface area contributed by atoms with Crippen LogP contribution >= 0.6 is 22.9 Å². The second-order valence-corrected chi connectivity index (χ2v) is 6.15. The van der Waals surface area contributed by atoms with Crippen LogP contribution in [0.2, 0.25) is 5.02 Å². The Kier molecular flexibility index (Phi) is 5.69. The molecule has 0 aliphatic rings. The summed E-state index contributed by atoms with van der Waals surface area (Å²) in [4.78, 5) is 15.1. The van der Waals surface area contributed by atoms with Crippen LogP contribution in [0, 0.1) is 11.3 Å². The smallest absolute Gasteiger partial charge is 0.347 e. The third kappa shape index (κ3) is 3.80. The molecule has 0 radical (unpaired) electrons. The number of nitriles is 1. The number of rotatable bonds is 5. The Bertz CT molecular complexity index is 904.